The maximum atomic E-state index is 12.5. The Morgan fingerprint density at radius 1 is 1.07 bits per heavy atom. The van der Waals surface area contributed by atoms with Gasteiger partial charge in [0.1, 0.15) is 0 Å². The molecule has 28 heavy (non-hydrogen) atoms. The summed E-state index contributed by atoms with van der Waals surface area (Å²) in [5.74, 6) is -0.0183. The highest BCUT2D eigenvalue weighted by Gasteiger charge is 2.24. The van der Waals surface area contributed by atoms with Crippen molar-refractivity contribution >= 4 is 23.2 Å². The van der Waals surface area contributed by atoms with Gasteiger partial charge in [0.25, 0.3) is 11.8 Å². The molecule has 0 aromatic heterocycles. The van der Waals surface area contributed by atoms with Gasteiger partial charge < -0.3 is 24.8 Å². The van der Waals surface area contributed by atoms with E-state index in [2.05, 4.69) is 10.2 Å². The number of morpholine rings is 1. The van der Waals surface area contributed by atoms with Crippen LogP contribution in [0.4, 0.5) is 11.4 Å². The zero-order valence-electron chi connectivity index (χ0n) is 17.8. The number of likely N-dealkylation sites (N-methyl/N-ethyl adjacent to an activating group) is 1. The van der Waals surface area contributed by atoms with E-state index >= 15 is 0 Å². The molecule has 1 saturated heterocycles. The van der Waals surface area contributed by atoms with Crippen molar-refractivity contribution in [2.24, 2.45) is 0 Å². The van der Waals surface area contributed by atoms with Crippen LogP contribution in [-0.2, 0) is 14.3 Å². The Kier molecular flexibility index (Phi) is 8.26. The van der Waals surface area contributed by atoms with Crippen LogP contribution in [0.1, 0.15) is 27.7 Å². The van der Waals surface area contributed by atoms with Gasteiger partial charge in [-0.3, -0.25) is 9.59 Å². The zero-order valence-corrected chi connectivity index (χ0v) is 17.8. The Hall–Kier alpha value is -2.12. The lowest BCUT2D eigenvalue weighted by Gasteiger charge is -2.31. The molecule has 0 spiro atoms. The lowest BCUT2D eigenvalue weighted by Crippen LogP contribution is -3.11. The molecule has 2 rings (SSSR count). The molecule has 1 atom stereocenters. The van der Waals surface area contributed by atoms with Crippen molar-refractivity contribution in [1.82, 2.24) is 4.90 Å². The summed E-state index contributed by atoms with van der Waals surface area (Å²) in [6.45, 7) is 11.9. The summed E-state index contributed by atoms with van der Waals surface area (Å²) in [6, 6.07) is 8.18. The Labute approximate surface area is 168 Å². The minimum absolute atomic E-state index is 0.0742. The van der Waals surface area contributed by atoms with Crippen LogP contribution in [0.5, 0.6) is 0 Å². The van der Waals surface area contributed by atoms with Crippen LogP contribution in [0.15, 0.2) is 24.3 Å². The van der Waals surface area contributed by atoms with E-state index in [0.717, 1.165) is 42.6 Å². The van der Waals surface area contributed by atoms with E-state index in [9.17, 15) is 9.59 Å². The number of amides is 2. The normalized spacial score (nSPS) is 15.6. The van der Waals surface area contributed by atoms with Crippen LogP contribution in [-0.4, -0.2) is 75.2 Å². The summed E-state index contributed by atoms with van der Waals surface area (Å²) in [4.78, 5) is 29.9. The van der Waals surface area contributed by atoms with Crippen LogP contribution < -0.4 is 15.1 Å². The summed E-state index contributed by atoms with van der Waals surface area (Å²) in [6.07, 6.45) is 0. The number of anilines is 2. The Balaban J connectivity index is 1.83. The van der Waals surface area contributed by atoms with Crippen molar-refractivity contribution in [3.63, 3.8) is 0 Å². The molecular weight excluding hydrogens is 356 g/mol. The molecule has 0 radical (unpaired) electrons. The number of hydrogen-bond donors (Lipinski definition) is 2. The third-order valence-electron chi connectivity index (χ3n) is 4.84. The van der Waals surface area contributed by atoms with Gasteiger partial charge in [-0.25, -0.2) is 0 Å². The average molecular weight is 392 g/mol. The predicted octanol–water partition coefficient (Wildman–Crippen LogP) is 0.622. The van der Waals surface area contributed by atoms with Gasteiger partial charge in [-0.15, -0.1) is 0 Å². The second kappa shape index (κ2) is 10.4. The Morgan fingerprint density at radius 2 is 1.64 bits per heavy atom. The van der Waals surface area contributed by atoms with Gasteiger partial charge in [0.05, 0.1) is 20.3 Å². The lowest BCUT2D eigenvalue weighted by atomic mass is 10.2. The quantitative estimate of drug-likeness (QED) is 0.682. The van der Waals surface area contributed by atoms with Crippen LogP contribution in [0.25, 0.3) is 0 Å². The predicted molar refractivity (Wildman–Crippen MR) is 112 cm³/mol. The van der Waals surface area contributed by atoms with E-state index in [1.54, 1.807) is 0 Å². The molecule has 1 aliphatic rings. The van der Waals surface area contributed by atoms with Crippen LogP contribution in [0.3, 0.4) is 0 Å². The first kappa shape index (κ1) is 22.2. The molecule has 2 N–H and O–H groups in total. The smallest absolute Gasteiger partial charge is 0.279 e. The Bertz CT molecular complexity index is 632. The number of carbonyl (C=O) groups is 2. The maximum absolute atomic E-state index is 12.5. The second-order valence-electron chi connectivity index (χ2n) is 7.99. The molecule has 7 heteroatoms. The molecule has 0 saturated carbocycles. The number of rotatable bonds is 8. The van der Waals surface area contributed by atoms with Crippen molar-refractivity contribution in [3.8, 4) is 0 Å². The molecule has 1 aromatic rings. The molecule has 2 amide bonds. The maximum Gasteiger partial charge on any atom is 0.279 e. The number of carbonyl (C=O) groups excluding carboxylic acids is 2. The van der Waals surface area contributed by atoms with Gasteiger partial charge in [0.2, 0.25) is 0 Å². The van der Waals surface area contributed by atoms with Crippen molar-refractivity contribution < 1.29 is 19.2 Å². The molecule has 156 valence electrons. The van der Waals surface area contributed by atoms with E-state index in [1.807, 2.05) is 63.9 Å². The standard InChI is InChI=1S/C21H34N4O3/c1-16(2)25(17(3)4)21(27)15-23(5)14-20(26)22-18-6-8-19(9-7-18)24-10-12-28-13-11-24/h6-9,16-17H,10-15H2,1-5H3,(H,22,26)/p+1. The molecule has 0 aliphatic carbocycles. The summed E-state index contributed by atoms with van der Waals surface area (Å²) in [5.41, 5.74) is 1.91. The van der Waals surface area contributed by atoms with E-state index in [-0.39, 0.29) is 30.4 Å². The molecule has 1 unspecified atom stereocenters. The van der Waals surface area contributed by atoms with Crippen molar-refractivity contribution in [3.05, 3.63) is 24.3 Å². The second-order valence-corrected chi connectivity index (χ2v) is 7.99. The monoisotopic (exact) mass is 391 g/mol. The van der Waals surface area contributed by atoms with Crippen LogP contribution in [0.2, 0.25) is 0 Å². The molecule has 1 heterocycles. The molecule has 7 nitrogen and oxygen atoms in total. The average Bonchev–Trinajstić information content (AvgIpc) is 2.62. The minimum atomic E-state index is -0.0925. The van der Waals surface area contributed by atoms with Gasteiger partial charge in [-0.2, -0.15) is 0 Å². The zero-order chi connectivity index (χ0) is 20.7. The largest absolute Gasteiger partial charge is 0.378 e. The van der Waals surface area contributed by atoms with E-state index in [4.69, 9.17) is 4.74 Å². The number of nitrogens with one attached hydrogen (secondary N) is 2. The number of nitrogens with zero attached hydrogens (tertiary/aromatic N) is 2. The summed E-state index contributed by atoms with van der Waals surface area (Å²) < 4.78 is 5.37. The number of hydrogen-bond acceptors (Lipinski definition) is 4. The highest BCUT2D eigenvalue weighted by atomic mass is 16.5. The van der Waals surface area contributed by atoms with E-state index in [1.165, 1.54) is 0 Å². The summed E-state index contributed by atoms with van der Waals surface area (Å²) in [7, 11) is 1.87. The van der Waals surface area contributed by atoms with Gasteiger partial charge in [0, 0.05) is 36.5 Å². The van der Waals surface area contributed by atoms with Crippen LogP contribution in [0, 0.1) is 0 Å². The topological polar surface area (TPSA) is 66.3 Å². The third-order valence-corrected chi connectivity index (χ3v) is 4.84. The fourth-order valence-corrected chi connectivity index (χ4v) is 3.64. The third kappa shape index (κ3) is 6.49. The number of quaternary nitrogens is 1. The summed E-state index contributed by atoms with van der Waals surface area (Å²) in [5, 5.41) is 2.92. The van der Waals surface area contributed by atoms with E-state index < -0.39 is 0 Å². The molecule has 1 aromatic carbocycles. The fourth-order valence-electron chi connectivity index (χ4n) is 3.64. The highest BCUT2D eigenvalue weighted by Crippen LogP contribution is 2.18. The lowest BCUT2D eigenvalue weighted by molar-refractivity contribution is -0.862. The van der Waals surface area contributed by atoms with Crippen molar-refractivity contribution in [2.45, 2.75) is 39.8 Å². The molecular formula is C21H35N4O3+. The van der Waals surface area contributed by atoms with Gasteiger partial charge in [-0.1, -0.05) is 0 Å². The minimum Gasteiger partial charge on any atom is -0.378 e. The molecule has 1 aliphatic heterocycles. The van der Waals surface area contributed by atoms with Gasteiger partial charge in [-0.05, 0) is 52.0 Å². The van der Waals surface area contributed by atoms with Crippen molar-refractivity contribution in [2.75, 3.05) is 56.7 Å². The summed E-state index contributed by atoms with van der Waals surface area (Å²) >= 11 is 0. The Morgan fingerprint density at radius 3 is 2.18 bits per heavy atom. The van der Waals surface area contributed by atoms with Crippen molar-refractivity contribution in [1.29, 1.82) is 0 Å². The first-order chi connectivity index (χ1) is 13.3. The number of ether oxygens (including phenoxy) is 1. The molecule has 1 fully saturated rings. The fraction of sp³-hybridized carbons (Fsp3) is 0.619. The highest BCUT2D eigenvalue weighted by molar-refractivity contribution is 5.91. The SMILES string of the molecule is CC(C)N(C(=O)C[NH+](C)CC(=O)Nc1ccc(N2CCOCC2)cc1)C(C)C. The first-order valence-corrected chi connectivity index (χ1v) is 10.1. The molecule has 0 bridgehead atoms. The van der Waals surface area contributed by atoms with Gasteiger partial charge in [0.15, 0.2) is 13.1 Å². The van der Waals surface area contributed by atoms with E-state index in [0.29, 0.717) is 6.54 Å². The van der Waals surface area contributed by atoms with Gasteiger partial charge >= 0.3 is 0 Å². The van der Waals surface area contributed by atoms with Crippen LogP contribution >= 0.6 is 0 Å². The first-order valence-electron chi connectivity index (χ1n) is 10.1. The number of benzene rings is 1.